The SMILES string of the molecule is NC(=O)C1(C(=O)c2ccc(Cl)cc2)CC1. The third-order valence-electron chi connectivity index (χ3n) is 2.76. The van der Waals surface area contributed by atoms with Gasteiger partial charge in [-0.25, -0.2) is 0 Å². The van der Waals surface area contributed by atoms with Crippen LogP contribution in [0.1, 0.15) is 23.2 Å². The zero-order valence-electron chi connectivity index (χ0n) is 8.00. The van der Waals surface area contributed by atoms with Crippen LogP contribution in [0, 0.1) is 5.41 Å². The Hall–Kier alpha value is -1.35. The average Bonchev–Trinajstić information content (AvgIpc) is 2.98. The maximum absolute atomic E-state index is 11.9. The van der Waals surface area contributed by atoms with Crippen LogP contribution in [0.3, 0.4) is 0 Å². The number of amides is 1. The maximum Gasteiger partial charge on any atom is 0.231 e. The van der Waals surface area contributed by atoms with Crippen molar-refractivity contribution in [3.8, 4) is 0 Å². The molecule has 0 radical (unpaired) electrons. The Morgan fingerprint density at radius 1 is 1.20 bits per heavy atom. The van der Waals surface area contributed by atoms with Crippen LogP contribution in [-0.4, -0.2) is 11.7 Å². The molecule has 0 atom stereocenters. The van der Waals surface area contributed by atoms with E-state index in [1.54, 1.807) is 24.3 Å². The molecule has 1 aromatic carbocycles. The molecule has 15 heavy (non-hydrogen) atoms. The second kappa shape index (κ2) is 3.35. The largest absolute Gasteiger partial charge is 0.369 e. The lowest BCUT2D eigenvalue weighted by molar-refractivity contribution is -0.121. The average molecular weight is 224 g/mol. The summed E-state index contributed by atoms with van der Waals surface area (Å²) >= 11 is 5.71. The Bertz CT molecular complexity index is 421. The Kier molecular flexibility index (Phi) is 2.27. The number of Topliss-reactive ketones (excluding diaryl/α,β-unsaturated/α-hetero) is 1. The second-order valence-corrected chi connectivity index (χ2v) is 4.22. The Morgan fingerprint density at radius 3 is 2.13 bits per heavy atom. The van der Waals surface area contributed by atoms with Crippen LogP contribution in [0.25, 0.3) is 0 Å². The highest BCUT2D eigenvalue weighted by atomic mass is 35.5. The van der Waals surface area contributed by atoms with Crippen molar-refractivity contribution in [2.24, 2.45) is 11.1 Å². The predicted molar refractivity (Wildman–Crippen MR) is 56.6 cm³/mol. The summed E-state index contributed by atoms with van der Waals surface area (Å²) in [6.45, 7) is 0. The van der Waals surface area contributed by atoms with Gasteiger partial charge in [-0.3, -0.25) is 9.59 Å². The summed E-state index contributed by atoms with van der Waals surface area (Å²) in [5, 5.41) is 0.565. The molecule has 0 saturated heterocycles. The molecule has 1 fully saturated rings. The molecule has 3 nitrogen and oxygen atoms in total. The number of hydrogen-bond donors (Lipinski definition) is 1. The van der Waals surface area contributed by atoms with E-state index in [1.165, 1.54) is 0 Å². The highest BCUT2D eigenvalue weighted by Gasteiger charge is 2.55. The first-order chi connectivity index (χ1) is 7.06. The molecule has 78 valence electrons. The van der Waals surface area contributed by atoms with Crippen molar-refractivity contribution in [3.05, 3.63) is 34.9 Å². The number of hydrogen-bond acceptors (Lipinski definition) is 2. The summed E-state index contributed by atoms with van der Waals surface area (Å²) < 4.78 is 0. The van der Waals surface area contributed by atoms with Crippen LogP contribution in [0.15, 0.2) is 24.3 Å². The van der Waals surface area contributed by atoms with Crippen LogP contribution in [-0.2, 0) is 4.79 Å². The molecule has 1 aromatic rings. The van der Waals surface area contributed by atoms with E-state index >= 15 is 0 Å². The summed E-state index contributed by atoms with van der Waals surface area (Å²) in [5.41, 5.74) is 4.77. The molecule has 0 spiro atoms. The Balaban J connectivity index is 2.29. The number of primary amides is 1. The van der Waals surface area contributed by atoms with Gasteiger partial charge < -0.3 is 5.73 Å². The number of halogens is 1. The molecule has 1 saturated carbocycles. The molecule has 1 amide bonds. The molecule has 0 aromatic heterocycles. The van der Waals surface area contributed by atoms with Crippen LogP contribution < -0.4 is 5.73 Å². The quantitative estimate of drug-likeness (QED) is 0.627. The summed E-state index contributed by atoms with van der Waals surface area (Å²) in [5.74, 6) is -0.714. The van der Waals surface area contributed by atoms with Gasteiger partial charge in [-0.2, -0.15) is 0 Å². The highest BCUT2D eigenvalue weighted by molar-refractivity contribution is 6.30. The fourth-order valence-corrected chi connectivity index (χ4v) is 1.71. The van der Waals surface area contributed by atoms with E-state index in [-0.39, 0.29) is 5.78 Å². The zero-order chi connectivity index (χ0) is 11.1. The number of benzene rings is 1. The lowest BCUT2D eigenvalue weighted by atomic mass is 9.94. The van der Waals surface area contributed by atoms with Crippen molar-refractivity contribution in [1.29, 1.82) is 0 Å². The van der Waals surface area contributed by atoms with Crippen molar-refractivity contribution >= 4 is 23.3 Å². The van der Waals surface area contributed by atoms with Gasteiger partial charge in [-0.1, -0.05) is 11.6 Å². The molecule has 0 unspecified atom stereocenters. The molecule has 0 heterocycles. The standard InChI is InChI=1S/C11H10ClNO2/c12-8-3-1-7(2-4-8)9(14)11(5-6-11)10(13)15/h1-4H,5-6H2,(H2,13,15). The fraction of sp³-hybridized carbons (Fsp3) is 0.273. The molecular formula is C11H10ClNO2. The number of nitrogens with two attached hydrogens (primary N) is 1. The van der Waals surface area contributed by atoms with Gasteiger partial charge in [-0.15, -0.1) is 0 Å². The first-order valence-electron chi connectivity index (χ1n) is 4.66. The lowest BCUT2D eigenvalue weighted by Gasteiger charge is -2.09. The van der Waals surface area contributed by atoms with E-state index in [0.717, 1.165) is 0 Å². The minimum atomic E-state index is -0.937. The number of carbonyl (C=O) groups excluding carboxylic acids is 2. The van der Waals surface area contributed by atoms with E-state index in [2.05, 4.69) is 0 Å². The summed E-state index contributed by atoms with van der Waals surface area (Å²) in [6, 6.07) is 6.50. The van der Waals surface area contributed by atoms with Gasteiger partial charge in [0.25, 0.3) is 0 Å². The van der Waals surface area contributed by atoms with E-state index in [9.17, 15) is 9.59 Å². The van der Waals surface area contributed by atoms with Crippen molar-refractivity contribution in [1.82, 2.24) is 0 Å². The molecule has 1 aliphatic rings. The summed E-state index contributed by atoms with van der Waals surface area (Å²) in [6.07, 6.45) is 1.12. The van der Waals surface area contributed by atoms with Crippen LogP contribution >= 0.6 is 11.6 Å². The maximum atomic E-state index is 11.9. The number of carbonyl (C=O) groups is 2. The van der Waals surface area contributed by atoms with Gasteiger partial charge in [0.15, 0.2) is 5.78 Å². The lowest BCUT2D eigenvalue weighted by Crippen LogP contribution is -2.32. The fourth-order valence-electron chi connectivity index (χ4n) is 1.59. The van der Waals surface area contributed by atoms with Crippen molar-refractivity contribution < 1.29 is 9.59 Å². The predicted octanol–water partition coefficient (Wildman–Crippen LogP) is 1.79. The Morgan fingerprint density at radius 2 is 1.73 bits per heavy atom. The monoisotopic (exact) mass is 223 g/mol. The molecule has 0 aliphatic heterocycles. The van der Waals surface area contributed by atoms with E-state index in [1.807, 2.05) is 0 Å². The van der Waals surface area contributed by atoms with Gasteiger partial charge in [0.05, 0.1) is 0 Å². The van der Waals surface area contributed by atoms with Crippen LogP contribution in [0.4, 0.5) is 0 Å². The molecule has 0 bridgehead atoms. The molecule has 4 heteroatoms. The molecule has 2 rings (SSSR count). The smallest absolute Gasteiger partial charge is 0.231 e. The summed E-state index contributed by atoms with van der Waals surface area (Å²) in [4.78, 5) is 23.1. The van der Waals surface area contributed by atoms with Gasteiger partial charge in [0, 0.05) is 10.6 Å². The summed E-state index contributed by atoms with van der Waals surface area (Å²) in [7, 11) is 0. The minimum absolute atomic E-state index is 0.188. The van der Waals surface area contributed by atoms with Gasteiger partial charge in [0.1, 0.15) is 5.41 Å². The Labute approximate surface area is 92.2 Å². The van der Waals surface area contributed by atoms with Crippen molar-refractivity contribution in [3.63, 3.8) is 0 Å². The number of ketones is 1. The second-order valence-electron chi connectivity index (χ2n) is 3.78. The van der Waals surface area contributed by atoms with Crippen LogP contribution in [0.2, 0.25) is 5.02 Å². The molecular weight excluding hydrogens is 214 g/mol. The topological polar surface area (TPSA) is 60.2 Å². The zero-order valence-corrected chi connectivity index (χ0v) is 8.75. The number of rotatable bonds is 3. The van der Waals surface area contributed by atoms with E-state index in [4.69, 9.17) is 17.3 Å². The molecule has 1 aliphatic carbocycles. The third kappa shape index (κ3) is 1.63. The van der Waals surface area contributed by atoms with Crippen molar-refractivity contribution in [2.45, 2.75) is 12.8 Å². The first kappa shape index (κ1) is 10.2. The van der Waals surface area contributed by atoms with E-state index in [0.29, 0.717) is 23.4 Å². The van der Waals surface area contributed by atoms with Gasteiger partial charge >= 0.3 is 0 Å². The minimum Gasteiger partial charge on any atom is -0.369 e. The van der Waals surface area contributed by atoms with Crippen molar-refractivity contribution in [2.75, 3.05) is 0 Å². The highest BCUT2D eigenvalue weighted by Crippen LogP contribution is 2.47. The van der Waals surface area contributed by atoms with Crippen LogP contribution in [0.5, 0.6) is 0 Å². The van der Waals surface area contributed by atoms with Gasteiger partial charge in [-0.05, 0) is 37.1 Å². The normalized spacial score (nSPS) is 17.1. The molecule has 2 N–H and O–H groups in total. The first-order valence-corrected chi connectivity index (χ1v) is 5.04. The van der Waals surface area contributed by atoms with Gasteiger partial charge in [0.2, 0.25) is 5.91 Å². The third-order valence-corrected chi connectivity index (χ3v) is 3.01. The van der Waals surface area contributed by atoms with E-state index < -0.39 is 11.3 Å².